The molecule has 5 rings (SSSR count). The smallest absolute Gasteiger partial charge is 0.224 e. The van der Waals surface area contributed by atoms with Crippen molar-refractivity contribution < 1.29 is 18.7 Å². The van der Waals surface area contributed by atoms with Gasteiger partial charge in [-0.05, 0) is 68.1 Å². The average Bonchev–Trinajstić information content (AvgIpc) is 3.47. The molecule has 1 saturated heterocycles. The molecule has 1 unspecified atom stereocenters. The maximum absolute atomic E-state index is 13.5. The topological polar surface area (TPSA) is 85.4 Å². The Morgan fingerprint density at radius 2 is 2.02 bits per heavy atom. The minimum absolute atomic E-state index is 0.0482. The third-order valence-corrected chi connectivity index (χ3v) is 9.75. The van der Waals surface area contributed by atoms with E-state index in [2.05, 4.69) is 20.6 Å². The molecule has 1 amide bonds. The molecule has 0 aliphatic carbocycles. The van der Waals surface area contributed by atoms with Crippen molar-refractivity contribution >= 4 is 67.2 Å². The predicted molar refractivity (Wildman–Crippen MR) is 167 cm³/mol. The van der Waals surface area contributed by atoms with Gasteiger partial charge in [-0.3, -0.25) is 4.79 Å². The van der Waals surface area contributed by atoms with Crippen LogP contribution in [0.1, 0.15) is 38.2 Å². The number of carbonyl (C=O) groups excluding carboxylic acids is 1. The molecular weight excluding hydrogens is 583 g/mol. The summed E-state index contributed by atoms with van der Waals surface area (Å²) in [7, 11) is 3.84. The molecule has 0 spiro atoms. The van der Waals surface area contributed by atoms with Gasteiger partial charge in [0, 0.05) is 34.6 Å². The Bertz CT molecular complexity index is 1520. The average molecular weight is 613 g/mol. The molecule has 1 aliphatic rings. The summed E-state index contributed by atoms with van der Waals surface area (Å²) in [6.45, 7) is 2.54. The number of hydrogen-bond donors (Lipinski definition) is 2. The fourth-order valence-electron chi connectivity index (χ4n) is 4.44. The Labute approximate surface area is 251 Å². The van der Waals surface area contributed by atoms with Gasteiger partial charge in [0.2, 0.25) is 5.91 Å². The van der Waals surface area contributed by atoms with Gasteiger partial charge in [-0.1, -0.05) is 45.3 Å². The molecule has 1 aromatic heterocycles. The second-order valence-corrected chi connectivity index (χ2v) is 12.7. The van der Waals surface area contributed by atoms with Crippen molar-refractivity contribution in [3.8, 4) is 11.5 Å². The number of halogens is 2. The van der Waals surface area contributed by atoms with Crippen LogP contribution in [-0.4, -0.2) is 33.5 Å². The highest BCUT2D eigenvalue weighted by atomic mass is 35.5. The van der Waals surface area contributed by atoms with E-state index in [-0.39, 0.29) is 18.3 Å². The summed E-state index contributed by atoms with van der Waals surface area (Å²) >= 11 is 6.49. The Kier molecular flexibility index (Phi) is 10.1. The summed E-state index contributed by atoms with van der Waals surface area (Å²) in [6, 6.07) is 15.2. The molecule has 2 N–H and O–H groups in total. The first-order valence-electron chi connectivity index (χ1n) is 13.4. The van der Waals surface area contributed by atoms with Crippen LogP contribution in [0.25, 0.3) is 10.9 Å². The molecule has 11 heteroatoms. The number of carbonyl (C=O) groups is 1. The predicted octanol–water partition coefficient (Wildman–Crippen LogP) is 8.41. The van der Waals surface area contributed by atoms with E-state index in [9.17, 15) is 9.18 Å². The SMILES string of the molecule is CCOc1cc2ncnc(Nc3ccc(OCc4cccc(F)c4)c(Cl)c3)c2cc1NC(=O)CCCC1CCSS1. The van der Waals surface area contributed by atoms with Crippen molar-refractivity contribution in [2.45, 2.75) is 44.5 Å². The standard InChI is InChI=1S/C30H30ClFN4O3S2/c1-2-38-28-16-25-23(15-26(28)36-29(37)8-4-7-22-11-12-40-41-22)30(34-18-33-25)35-21-9-10-27(24(31)14-21)39-17-19-5-3-6-20(32)13-19/h3,5-6,9-10,13-16,18,22H,2,4,7-8,11-12,17H2,1H3,(H,36,37)(H,33,34,35). The second kappa shape index (κ2) is 14.1. The first kappa shape index (κ1) is 29.3. The van der Waals surface area contributed by atoms with Gasteiger partial charge >= 0.3 is 0 Å². The van der Waals surface area contributed by atoms with Crippen molar-refractivity contribution in [2.75, 3.05) is 23.0 Å². The van der Waals surface area contributed by atoms with Gasteiger partial charge in [-0.25, -0.2) is 14.4 Å². The van der Waals surface area contributed by atoms with Gasteiger partial charge in [-0.2, -0.15) is 0 Å². The summed E-state index contributed by atoms with van der Waals surface area (Å²) in [5.74, 6) is 2.41. The Balaban J connectivity index is 1.30. The molecule has 41 heavy (non-hydrogen) atoms. The normalized spacial score (nSPS) is 14.7. The molecule has 1 aliphatic heterocycles. The maximum atomic E-state index is 13.5. The Hall–Kier alpha value is -3.21. The number of nitrogens with one attached hydrogen (secondary N) is 2. The molecule has 3 aromatic carbocycles. The van der Waals surface area contributed by atoms with Crippen molar-refractivity contribution in [2.24, 2.45) is 0 Å². The number of ether oxygens (including phenoxy) is 2. The molecule has 1 atom stereocenters. The van der Waals surface area contributed by atoms with Crippen LogP contribution in [-0.2, 0) is 11.4 Å². The number of benzene rings is 3. The fourth-order valence-corrected chi connectivity index (χ4v) is 7.71. The molecule has 0 saturated carbocycles. The van der Waals surface area contributed by atoms with Gasteiger partial charge in [0.25, 0.3) is 0 Å². The van der Waals surface area contributed by atoms with E-state index in [4.69, 9.17) is 21.1 Å². The third-order valence-electron chi connectivity index (χ3n) is 6.45. The van der Waals surface area contributed by atoms with Gasteiger partial charge in [0.1, 0.15) is 36.1 Å². The number of nitrogens with zero attached hydrogens (tertiary/aromatic N) is 2. The van der Waals surface area contributed by atoms with Crippen molar-refractivity contribution in [1.82, 2.24) is 9.97 Å². The Morgan fingerprint density at radius 1 is 1.12 bits per heavy atom. The first-order valence-corrected chi connectivity index (χ1v) is 16.2. The van der Waals surface area contributed by atoms with Gasteiger partial charge in [0.05, 0.1) is 22.8 Å². The van der Waals surface area contributed by atoms with Gasteiger partial charge in [0.15, 0.2) is 0 Å². The van der Waals surface area contributed by atoms with Crippen LogP contribution in [0, 0.1) is 5.82 Å². The van der Waals surface area contributed by atoms with Crippen LogP contribution in [0.4, 0.5) is 21.6 Å². The zero-order valence-corrected chi connectivity index (χ0v) is 24.9. The number of rotatable bonds is 12. The number of hydrogen-bond acceptors (Lipinski definition) is 8. The monoisotopic (exact) mass is 612 g/mol. The fraction of sp³-hybridized carbons (Fsp3) is 0.300. The molecule has 7 nitrogen and oxygen atoms in total. The maximum Gasteiger partial charge on any atom is 0.224 e. The van der Waals surface area contributed by atoms with E-state index in [1.165, 1.54) is 30.6 Å². The molecule has 0 bridgehead atoms. The van der Waals surface area contributed by atoms with E-state index in [1.807, 2.05) is 46.7 Å². The van der Waals surface area contributed by atoms with Crippen LogP contribution in [0.3, 0.4) is 0 Å². The van der Waals surface area contributed by atoms with Crippen molar-refractivity contribution in [1.29, 1.82) is 0 Å². The summed E-state index contributed by atoms with van der Waals surface area (Å²) < 4.78 is 25.1. The molecule has 4 aromatic rings. The highest BCUT2D eigenvalue weighted by Gasteiger charge is 2.18. The molecular formula is C30H30ClFN4O3S2. The Morgan fingerprint density at radius 3 is 2.80 bits per heavy atom. The van der Waals surface area contributed by atoms with Crippen LogP contribution in [0.15, 0.2) is 60.9 Å². The lowest BCUT2D eigenvalue weighted by Crippen LogP contribution is -2.13. The zero-order chi connectivity index (χ0) is 28.6. The molecule has 2 heterocycles. The van der Waals surface area contributed by atoms with Crippen LogP contribution < -0.4 is 20.1 Å². The van der Waals surface area contributed by atoms with E-state index in [1.54, 1.807) is 24.3 Å². The first-order chi connectivity index (χ1) is 20.0. The highest BCUT2D eigenvalue weighted by molar-refractivity contribution is 8.77. The van der Waals surface area contributed by atoms with E-state index < -0.39 is 0 Å². The third kappa shape index (κ3) is 7.96. The van der Waals surface area contributed by atoms with E-state index >= 15 is 0 Å². The summed E-state index contributed by atoms with van der Waals surface area (Å²) in [4.78, 5) is 21.7. The van der Waals surface area contributed by atoms with E-state index in [0.29, 0.717) is 68.5 Å². The minimum atomic E-state index is -0.317. The largest absolute Gasteiger partial charge is 0.492 e. The van der Waals surface area contributed by atoms with Crippen molar-refractivity contribution in [3.63, 3.8) is 0 Å². The van der Waals surface area contributed by atoms with Crippen LogP contribution >= 0.6 is 33.2 Å². The number of amides is 1. The summed E-state index contributed by atoms with van der Waals surface area (Å²) in [5, 5.41) is 8.08. The summed E-state index contributed by atoms with van der Waals surface area (Å²) in [6.07, 6.45) is 5.02. The second-order valence-electron chi connectivity index (χ2n) is 9.48. The lowest BCUT2D eigenvalue weighted by molar-refractivity contribution is -0.116. The number of aromatic nitrogens is 2. The molecule has 1 fully saturated rings. The van der Waals surface area contributed by atoms with Crippen molar-refractivity contribution in [3.05, 3.63) is 77.3 Å². The minimum Gasteiger partial charge on any atom is -0.492 e. The highest BCUT2D eigenvalue weighted by Crippen LogP contribution is 2.40. The van der Waals surface area contributed by atoms with Crippen LogP contribution in [0.5, 0.6) is 11.5 Å². The quantitative estimate of drug-likeness (QED) is 0.154. The summed E-state index contributed by atoms with van der Waals surface area (Å²) in [5.41, 5.74) is 2.64. The zero-order valence-electron chi connectivity index (χ0n) is 22.5. The van der Waals surface area contributed by atoms with E-state index in [0.717, 1.165) is 12.8 Å². The van der Waals surface area contributed by atoms with Gasteiger partial charge < -0.3 is 20.1 Å². The van der Waals surface area contributed by atoms with Crippen LogP contribution in [0.2, 0.25) is 5.02 Å². The number of fused-ring (bicyclic) bond motifs is 1. The van der Waals surface area contributed by atoms with Gasteiger partial charge in [-0.15, -0.1) is 0 Å². The lowest BCUT2D eigenvalue weighted by atomic mass is 10.1. The molecule has 0 radical (unpaired) electrons. The lowest BCUT2D eigenvalue weighted by Gasteiger charge is -2.15. The number of anilines is 3. The molecule has 214 valence electrons.